The molecule has 2 aromatic carbocycles. The highest BCUT2D eigenvalue weighted by atomic mass is 32.1. The van der Waals surface area contributed by atoms with Crippen LogP contribution in [0.4, 0.5) is 0 Å². The Labute approximate surface area is 167 Å². The maximum absolute atomic E-state index is 12.9. The van der Waals surface area contributed by atoms with Gasteiger partial charge in [-0.05, 0) is 22.6 Å². The summed E-state index contributed by atoms with van der Waals surface area (Å²) in [4.78, 5) is 23.9. The van der Waals surface area contributed by atoms with E-state index in [0.29, 0.717) is 5.88 Å². The fourth-order valence-electron chi connectivity index (χ4n) is 3.17. The summed E-state index contributed by atoms with van der Waals surface area (Å²) >= 11 is 1.52. The van der Waals surface area contributed by atoms with Crippen molar-refractivity contribution in [1.29, 1.82) is 0 Å². The molecule has 0 aliphatic carbocycles. The first-order chi connectivity index (χ1) is 13.7. The molecule has 5 nitrogen and oxygen atoms in total. The third-order valence-electron chi connectivity index (χ3n) is 4.57. The number of benzene rings is 2. The van der Waals surface area contributed by atoms with E-state index in [1.165, 1.54) is 17.7 Å². The molecule has 0 N–H and O–H groups in total. The van der Waals surface area contributed by atoms with Crippen LogP contribution < -0.4 is 4.74 Å². The lowest BCUT2D eigenvalue weighted by molar-refractivity contribution is -0.133. The van der Waals surface area contributed by atoms with Crippen LogP contribution in [0.2, 0.25) is 0 Å². The van der Waals surface area contributed by atoms with E-state index in [-0.39, 0.29) is 18.6 Å². The number of thiophene rings is 1. The maximum Gasteiger partial charge on any atom is 0.261 e. The van der Waals surface area contributed by atoms with Crippen molar-refractivity contribution in [3.05, 3.63) is 89.6 Å². The average molecular weight is 389 g/mol. The number of fused-ring (bicyclic) bond motifs is 1. The van der Waals surface area contributed by atoms with E-state index in [9.17, 15) is 4.79 Å². The Morgan fingerprint density at radius 3 is 2.29 bits per heavy atom. The molecule has 2 heterocycles. The molecule has 0 saturated heterocycles. The van der Waals surface area contributed by atoms with Crippen molar-refractivity contribution < 1.29 is 9.53 Å². The lowest BCUT2D eigenvalue weighted by Gasteiger charge is -2.29. The Kier molecular flexibility index (Phi) is 5.30. The minimum absolute atomic E-state index is 0.0887. The standard InChI is InChI=1S/C22H19N3O2S/c1-25(19(26)14-27-21-18-12-13-28-22(18)24-15-23-21)20(16-8-4-2-5-9-16)17-10-6-3-7-11-17/h2-13,15,20H,14H2,1H3. The van der Waals surface area contributed by atoms with Gasteiger partial charge in [0, 0.05) is 7.05 Å². The molecule has 0 fully saturated rings. The van der Waals surface area contributed by atoms with Gasteiger partial charge < -0.3 is 9.64 Å². The molecular weight excluding hydrogens is 370 g/mol. The van der Waals surface area contributed by atoms with E-state index < -0.39 is 0 Å². The predicted octanol–water partition coefficient (Wildman–Crippen LogP) is 4.32. The Balaban J connectivity index is 1.55. The lowest BCUT2D eigenvalue weighted by Crippen LogP contribution is -2.35. The first-order valence-corrected chi connectivity index (χ1v) is 9.78. The molecular formula is C22H19N3O2S. The summed E-state index contributed by atoms with van der Waals surface area (Å²) < 4.78 is 5.75. The van der Waals surface area contributed by atoms with Gasteiger partial charge >= 0.3 is 0 Å². The summed E-state index contributed by atoms with van der Waals surface area (Å²) in [5.41, 5.74) is 2.10. The number of amides is 1. The van der Waals surface area contributed by atoms with Gasteiger partial charge in [0.2, 0.25) is 5.88 Å². The molecule has 0 atom stereocenters. The second kappa shape index (κ2) is 8.19. The van der Waals surface area contributed by atoms with Crippen LogP contribution in [0, 0.1) is 0 Å². The topological polar surface area (TPSA) is 55.3 Å². The summed E-state index contributed by atoms with van der Waals surface area (Å²) in [6, 6.07) is 21.7. The van der Waals surface area contributed by atoms with Crippen molar-refractivity contribution in [2.24, 2.45) is 0 Å². The van der Waals surface area contributed by atoms with Crippen molar-refractivity contribution in [2.75, 3.05) is 13.7 Å². The summed E-state index contributed by atoms with van der Waals surface area (Å²) in [7, 11) is 1.80. The third kappa shape index (κ3) is 3.73. The summed E-state index contributed by atoms with van der Waals surface area (Å²) in [6.45, 7) is -0.0887. The number of likely N-dealkylation sites (N-methyl/N-ethyl adjacent to an activating group) is 1. The highest BCUT2D eigenvalue weighted by molar-refractivity contribution is 7.16. The molecule has 4 aromatic rings. The molecule has 0 bridgehead atoms. The number of rotatable bonds is 6. The van der Waals surface area contributed by atoms with E-state index in [1.54, 1.807) is 11.9 Å². The Morgan fingerprint density at radius 2 is 1.64 bits per heavy atom. The van der Waals surface area contributed by atoms with Crippen LogP contribution in [0.1, 0.15) is 17.2 Å². The number of carbonyl (C=O) groups excluding carboxylic acids is 1. The van der Waals surface area contributed by atoms with Crippen molar-refractivity contribution in [2.45, 2.75) is 6.04 Å². The monoisotopic (exact) mass is 389 g/mol. The van der Waals surface area contributed by atoms with Gasteiger partial charge in [0.1, 0.15) is 11.2 Å². The summed E-state index contributed by atoms with van der Waals surface area (Å²) in [6.07, 6.45) is 1.46. The van der Waals surface area contributed by atoms with Gasteiger partial charge in [0.05, 0.1) is 11.4 Å². The molecule has 0 aliphatic heterocycles. The van der Waals surface area contributed by atoms with Gasteiger partial charge in [-0.25, -0.2) is 9.97 Å². The third-order valence-corrected chi connectivity index (χ3v) is 5.39. The van der Waals surface area contributed by atoms with E-state index in [0.717, 1.165) is 21.3 Å². The number of nitrogens with zero attached hydrogens (tertiary/aromatic N) is 3. The quantitative estimate of drug-likeness (QED) is 0.493. The van der Waals surface area contributed by atoms with Crippen LogP contribution in [0.15, 0.2) is 78.4 Å². The van der Waals surface area contributed by atoms with E-state index in [1.807, 2.05) is 72.1 Å². The van der Waals surface area contributed by atoms with Gasteiger partial charge in [0.25, 0.3) is 5.91 Å². The average Bonchev–Trinajstić information content (AvgIpc) is 3.23. The molecule has 0 saturated carbocycles. The van der Waals surface area contributed by atoms with Crippen LogP contribution >= 0.6 is 11.3 Å². The Hall–Kier alpha value is -3.25. The fraction of sp³-hybridized carbons (Fsp3) is 0.136. The zero-order chi connectivity index (χ0) is 19.3. The molecule has 4 rings (SSSR count). The first kappa shape index (κ1) is 18.1. The molecule has 6 heteroatoms. The van der Waals surface area contributed by atoms with Crippen molar-refractivity contribution >= 4 is 27.5 Å². The number of hydrogen-bond acceptors (Lipinski definition) is 5. The number of aromatic nitrogens is 2. The lowest BCUT2D eigenvalue weighted by atomic mass is 9.97. The second-order valence-corrected chi connectivity index (χ2v) is 7.23. The zero-order valence-electron chi connectivity index (χ0n) is 15.4. The molecule has 0 aliphatic rings. The molecule has 0 unspecified atom stereocenters. The molecule has 28 heavy (non-hydrogen) atoms. The highest BCUT2D eigenvalue weighted by Gasteiger charge is 2.24. The maximum atomic E-state index is 12.9. The van der Waals surface area contributed by atoms with Crippen molar-refractivity contribution in [3.8, 4) is 5.88 Å². The van der Waals surface area contributed by atoms with Crippen LogP contribution in [0.3, 0.4) is 0 Å². The number of hydrogen-bond donors (Lipinski definition) is 0. The normalized spacial score (nSPS) is 10.9. The fourth-order valence-corrected chi connectivity index (χ4v) is 3.89. The van der Waals surface area contributed by atoms with Crippen molar-refractivity contribution in [3.63, 3.8) is 0 Å². The van der Waals surface area contributed by atoms with E-state index in [2.05, 4.69) is 9.97 Å². The van der Waals surface area contributed by atoms with Gasteiger partial charge in [-0.15, -0.1) is 11.3 Å². The SMILES string of the molecule is CN(C(=O)COc1ncnc2sccc12)C(c1ccccc1)c1ccccc1. The van der Waals surface area contributed by atoms with Gasteiger partial charge in [-0.3, -0.25) is 4.79 Å². The van der Waals surface area contributed by atoms with Crippen LogP contribution in [0.5, 0.6) is 5.88 Å². The van der Waals surface area contributed by atoms with E-state index >= 15 is 0 Å². The van der Waals surface area contributed by atoms with Crippen LogP contribution in [-0.2, 0) is 4.79 Å². The number of carbonyl (C=O) groups is 1. The molecule has 1 amide bonds. The van der Waals surface area contributed by atoms with Crippen molar-refractivity contribution in [1.82, 2.24) is 14.9 Å². The van der Waals surface area contributed by atoms with Gasteiger partial charge in [-0.1, -0.05) is 60.7 Å². The molecule has 2 aromatic heterocycles. The second-order valence-electron chi connectivity index (χ2n) is 6.34. The smallest absolute Gasteiger partial charge is 0.261 e. The first-order valence-electron chi connectivity index (χ1n) is 8.90. The molecule has 0 radical (unpaired) electrons. The Bertz CT molecular complexity index is 1030. The van der Waals surface area contributed by atoms with Crippen LogP contribution in [-0.4, -0.2) is 34.4 Å². The highest BCUT2D eigenvalue weighted by Crippen LogP contribution is 2.28. The minimum Gasteiger partial charge on any atom is -0.467 e. The predicted molar refractivity (Wildman–Crippen MR) is 110 cm³/mol. The molecule has 140 valence electrons. The zero-order valence-corrected chi connectivity index (χ0v) is 16.2. The number of ether oxygens (including phenoxy) is 1. The van der Waals surface area contributed by atoms with Gasteiger partial charge in [0.15, 0.2) is 6.61 Å². The minimum atomic E-state index is -0.190. The summed E-state index contributed by atoms with van der Waals surface area (Å²) in [5.74, 6) is 0.309. The van der Waals surface area contributed by atoms with Gasteiger partial charge in [-0.2, -0.15) is 0 Å². The Morgan fingerprint density at radius 1 is 1.00 bits per heavy atom. The van der Waals surface area contributed by atoms with E-state index in [4.69, 9.17) is 4.74 Å². The summed E-state index contributed by atoms with van der Waals surface area (Å²) in [5, 5.41) is 2.76. The largest absolute Gasteiger partial charge is 0.467 e. The molecule has 0 spiro atoms. The van der Waals surface area contributed by atoms with Crippen LogP contribution in [0.25, 0.3) is 10.2 Å².